The van der Waals surface area contributed by atoms with E-state index in [4.69, 9.17) is 9.47 Å². The molecule has 0 unspecified atom stereocenters. The highest BCUT2D eigenvalue weighted by Crippen LogP contribution is 2.09. The number of nitrogens with zero attached hydrogens (tertiary/aromatic N) is 2. The van der Waals surface area contributed by atoms with Crippen molar-refractivity contribution in [2.24, 2.45) is 0 Å². The molecule has 1 aliphatic rings. The zero-order valence-corrected chi connectivity index (χ0v) is 13.0. The largest absolute Gasteiger partial charge is 0.491 e. The summed E-state index contributed by atoms with van der Waals surface area (Å²) >= 11 is 0. The van der Waals surface area contributed by atoms with Crippen molar-refractivity contribution in [2.75, 3.05) is 53.0 Å². The van der Waals surface area contributed by atoms with E-state index >= 15 is 0 Å². The second kappa shape index (κ2) is 8.73. The molecular weight excluding hydrogens is 284 g/mol. The Balaban J connectivity index is 1.66. The summed E-state index contributed by atoms with van der Waals surface area (Å²) in [5.41, 5.74) is 0. The molecule has 6 heteroatoms. The first-order valence-corrected chi connectivity index (χ1v) is 7.54. The van der Waals surface area contributed by atoms with Gasteiger partial charge in [0.1, 0.15) is 25.1 Å². The molecule has 1 amide bonds. The Bertz CT molecular complexity index is 447. The molecule has 0 aliphatic carbocycles. The van der Waals surface area contributed by atoms with Crippen LogP contribution in [0.1, 0.15) is 0 Å². The van der Waals surface area contributed by atoms with Crippen molar-refractivity contribution in [3.05, 3.63) is 30.3 Å². The molecule has 122 valence electrons. The number of hydrogen-bond donors (Lipinski definition) is 1. The van der Waals surface area contributed by atoms with E-state index in [1.807, 2.05) is 30.3 Å². The fourth-order valence-electron chi connectivity index (χ4n) is 2.45. The quantitative estimate of drug-likeness (QED) is 0.780. The molecule has 0 radical (unpaired) electrons. The maximum absolute atomic E-state index is 11.7. The van der Waals surface area contributed by atoms with Crippen LogP contribution in [-0.2, 0) is 9.53 Å². The van der Waals surface area contributed by atoms with Crippen molar-refractivity contribution in [3.8, 4) is 5.75 Å². The molecule has 0 bridgehead atoms. The molecule has 1 aliphatic heterocycles. The lowest BCUT2D eigenvalue weighted by molar-refractivity contribution is -0.137. The summed E-state index contributed by atoms with van der Waals surface area (Å²) in [5.74, 6) is 0.784. The second-order valence-electron chi connectivity index (χ2n) is 5.39. The Kier molecular flexibility index (Phi) is 6.64. The van der Waals surface area contributed by atoms with Gasteiger partial charge in [0.15, 0.2) is 0 Å². The molecule has 1 fully saturated rings. The minimum atomic E-state index is -0.540. The number of rotatable bonds is 7. The van der Waals surface area contributed by atoms with Crippen LogP contribution < -0.4 is 4.74 Å². The van der Waals surface area contributed by atoms with E-state index < -0.39 is 6.10 Å². The Labute approximate surface area is 131 Å². The number of β-amino-alcohol motifs (C(OH)–C–C–N with tert-alkyl or cyclic N) is 1. The third kappa shape index (κ3) is 5.29. The Hall–Kier alpha value is -1.63. The summed E-state index contributed by atoms with van der Waals surface area (Å²) in [6.45, 7) is 3.83. The van der Waals surface area contributed by atoms with E-state index in [0.29, 0.717) is 19.6 Å². The van der Waals surface area contributed by atoms with Gasteiger partial charge in [-0.3, -0.25) is 9.69 Å². The van der Waals surface area contributed by atoms with E-state index in [0.717, 1.165) is 18.8 Å². The molecule has 22 heavy (non-hydrogen) atoms. The van der Waals surface area contributed by atoms with Gasteiger partial charge in [0.05, 0.1) is 0 Å². The Morgan fingerprint density at radius 1 is 1.23 bits per heavy atom. The summed E-state index contributed by atoms with van der Waals surface area (Å²) in [7, 11) is 1.53. The van der Waals surface area contributed by atoms with Crippen LogP contribution in [0.3, 0.4) is 0 Å². The van der Waals surface area contributed by atoms with Gasteiger partial charge < -0.3 is 19.5 Å². The number of aliphatic hydroxyl groups is 1. The van der Waals surface area contributed by atoms with Crippen LogP contribution in [0.5, 0.6) is 5.75 Å². The maximum atomic E-state index is 11.7. The smallest absolute Gasteiger partial charge is 0.248 e. The highest BCUT2D eigenvalue weighted by Gasteiger charge is 2.22. The van der Waals surface area contributed by atoms with E-state index in [1.165, 1.54) is 7.11 Å². The molecule has 2 rings (SSSR count). The normalized spacial score (nSPS) is 17.3. The summed E-state index contributed by atoms with van der Waals surface area (Å²) in [6, 6.07) is 9.46. The summed E-state index contributed by atoms with van der Waals surface area (Å²) in [5, 5.41) is 10.1. The average molecular weight is 308 g/mol. The number of ether oxygens (including phenoxy) is 2. The maximum Gasteiger partial charge on any atom is 0.248 e. The zero-order valence-electron chi connectivity index (χ0n) is 13.0. The van der Waals surface area contributed by atoms with Crippen molar-refractivity contribution < 1.29 is 19.4 Å². The first-order valence-electron chi connectivity index (χ1n) is 7.54. The molecule has 1 atom stereocenters. The SMILES string of the molecule is COCC(=O)N1CCN(C[C@H](O)COc2ccccc2)CC1. The zero-order chi connectivity index (χ0) is 15.8. The summed E-state index contributed by atoms with van der Waals surface area (Å²) in [6.07, 6.45) is -0.540. The van der Waals surface area contributed by atoms with Gasteiger partial charge in [0.2, 0.25) is 5.91 Å². The van der Waals surface area contributed by atoms with Gasteiger partial charge in [-0.05, 0) is 12.1 Å². The van der Waals surface area contributed by atoms with Gasteiger partial charge in [0.25, 0.3) is 0 Å². The third-order valence-corrected chi connectivity index (χ3v) is 3.65. The van der Waals surface area contributed by atoms with Crippen LogP contribution in [0.4, 0.5) is 0 Å². The fourth-order valence-corrected chi connectivity index (χ4v) is 2.45. The van der Waals surface area contributed by atoms with Crippen molar-refractivity contribution in [1.82, 2.24) is 9.80 Å². The average Bonchev–Trinajstić information content (AvgIpc) is 2.55. The first kappa shape index (κ1) is 16.7. The molecule has 1 saturated heterocycles. The van der Waals surface area contributed by atoms with Crippen molar-refractivity contribution in [1.29, 1.82) is 0 Å². The molecular formula is C16H24N2O4. The Morgan fingerprint density at radius 2 is 1.91 bits per heavy atom. The van der Waals surface area contributed by atoms with Crippen LogP contribution >= 0.6 is 0 Å². The minimum absolute atomic E-state index is 0.0232. The number of carbonyl (C=O) groups is 1. The molecule has 1 aromatic rings. The van der Waals surface area contributed by atoms with E-state index in [2.05, 4.69) is 4.90 Å². The van der Waals surface area contributed by atoms with Gasteiger partial charge in [-0.1, -0.05) is 18.2 Å². The third-order valence-electron chi connectivity index (χ3n) is 3.65. The number of carbonyl (C=O) groups excluding carboxylic acids is 1. The predicted molar refractivity (Wildman–Crippen MR) is 82.8 cm³/mol. The highest BCUT2D eigenvalue weighted by atomic mass is 16.5. The van der Waals surface area contributed by atoms with Gasteiger partial charge in [-0.2, -0.15) is 0 Å². The van der Waals surface area contributed by atoms with Crippen molar-refractivity contribution >= 4 is 5.91 Å². The molecule has 0 spiro atoms. The van der Waals surface area contributed by atoms with Crippen LogP contribution in [0.25, 0.3) is 0 Å². The number of piperazine rings is 1. The number of hydrogen-bond acceptors (Lipinski definition) is 5. The lowest BCUT2D eigenvalue weighted by atomic mass is 10.2. The van der Waals surface area contributed by atoms with Crippen LogP contribution in [0, 0.1) is 0 Å². The van der Waals surface area contributed by atoms with Crippen molar-refractivity contribution in [2.45, 2.75) is 6.10 Å². The lowest BCUT2D eigenvalue weighted by Gasteiger charge is -2.35. The number of amides is 1. The van der Waals surface area contributed by atoms with Gasteiger partial charge in [0, 0.05) is 39.8 Å². The molecule has 1 heterocycles. The number of aliphatic hydroxyl groups excluding tert-OH is 1. The predicted octanol–water partition coefficient (Wildman–Crippen LogP) is 0.217. The summed E-state index contributed by atoms with van der Waals surface area (Å²) < 4.78 is 10.4. The monoisotopic (exact) mass is 308 g/mol. The molecule has 1 N–H and O–H groups in total. The lowest BCUT2D eigenvalue weighted by Crippen LogP contribution is -2.51. The summed E-state index contributed by atoms with van der Waals surface area (Å²) in [4.78, 5) is 15.6. The minimum Gasteiger partial charge on any atom is -0.491 e. The van der Waals surface area contributed by atoms with Gasteiger partial charge in [-0.25, -0.2) is 0 Å². The van der Waals surface area contributed by atoms with E-state index in [9.17, 15) is 9.90 Å². The van der Waals surface area contributed by atoms with Gasteiger partial charge in [-0.15, -0.1) is 0 Å². The first-order chi connectivity index (χ1) is 10.7. The second-order valence-corrected chi connectivity index (χ2v) is 5.39. The molecule has 0 saturated carbocycles. The molecule has 1 aromatic carbocycles. The fraction of sp³-hybridized carbons (Fsp3) is 0.562. The molecule has 6 nitrogen and oxygen atoms in total. The number of methoxy groups -OCH3 is 1. The molecule has 0 aromatic heterocycles. The van der Waals surface area contributed by atoms with E-state index in [1.54, 1.807) is 4.90 Å². The standard InChI is InChI=1S/C16H24N2O4/c1-21-13-16(20)18-9-7-17(8-10-18)11-14(19)12-22-15-5-3-2-4-6-15/h2-6,14,19H,7-13H2,1H3/t14-/m0/s1. The highest BCUT2D eigenvalue weighted by molar-refractivity contribution is 5.77. The van der Waals surface area contributed by atoms with Crippen LogP contribution in [0.15, 0.2) is 30.3 Å². The van der Waals surface area contributed by atoms with Gasteiger partial charge >= 0.3 is 0 Å². The number of para-hydroxylation sites is 1. The van der Waals surface area contributed by atoms with Crippen LogP contribution in [0.2, 0.25) is 0 Å². The van der Waals surface area contributed by atoms with E-state index in [-0.39, 0.29) is 19.1 Å². The topological polar surface area (TPSA) is 62.2 Å². The number of benzene rings is 1. The Morgan fingerprint density at radius 3 is 2.55 bits per heavy atom. The van der Waals surface area contributed by atoms with Crippen LogP contribution in [-0.4, -0.2) is 80.0 Å². The van der Waals surface area contributed by atoms with Crippen molar-refractivity contribution in [3.63, 3.8) is 0 Å².